The first-order valence-electron chi connectivity index (χ1n) is 6.84. The van der Waals surface area contributed by atoms with E-state index in [1.54, 1.807) is 12.1 Å². The van der Waals surface area contributed by atoms with Gasteiger partial charge in [0.15, 0.2) is 0 Å². The van der Waals surface area contributed by atoms with E-state index < -0.39 is 12.2 Å². The van der Waals surface area contributed by atoms with Crippen molar-refractivity contribution in [1.29, 1.82) is 0 Å². The molecule has 118 valence electrons. The maximum Gasteiger partial charge on any atom is 0.410 e. The molecule has 0 aliphatic rings. The number of hydrogen-bond donors (Lipinski definition) is 3. The summed E-state index contributed by atoms with van der Waals surface area (Å²) in [7, 11) is 0. The van der Waals surface area contributed by atoms with Gasteiger partial charge in [-0.25, -0.2) is 14.8 Å². The number of nitrogens with zero attached hydrogens (tertiary/aromatic N) is 2. The van der Waals surface area contributed by atoms with Crippen molar-refractivity contribution in [2.75, 3.05) is 5.32 Å². The molecule has 3 N–H and O–H groups in total. The molecule has 6 nitrogen and oxygen atoms in total. The van der Waals surface area contributed by atoms with E-state index in [2.05, 4.69) is 36.1 Å². The largest absolute Gasteiger partial charge is 0.465 e. The first-order chi connectivity index (χ1) is 10.3. The second kappa shape index (κ2) is 6.41. The molecule has 2 aromatic heterocycles. The van der Waals surface area contributed by atoms with Gasteiger partial charge in [0.2, 0.25) is 0 Å². The molecular weight excluding hydrogens is 302 g/mol. The predicted octanol–water partition coefficient (Wildman–Crippen LogP) is 3.20. The molecule has 0 saturated heterocycles. The van der Waals surface area contributed by atoms with E-state index in [-0.39, 0.29) is 11.2 Å². The highest BCUT2D eigenvalue weighted by molar-refractivity contribution is 7.09. The lowest BCUT2D eigenvalue weighted by molar-refractivity contribution is 0.177. The highest BCUT2D eigenvalue weighted by Gasteiger charge is 2.20. The van der Waals surface area contributed by atoms with Gasteiger partial charge >= 0.3 is 6.09 Å². The lowest BCUT2D eigenvalue weighted by Gasteiger charge is -2.14. The van der Waals surface area contributed by atoms with Crippen LogP contribution >= 0.6 is 11.3 Å². The minimum atomic E-state index is -1.17. The highest BCUT2D eigenvalue weighted by Crippen LogP contribution is 2.28. The van der Waals surface area contributed by atoms with Crippen LogP contribution in [0.1, 0.15) is 43.1 Å². The van der Waals surface area contributed by atoms with Crippen LogP contribution in [0.2, 0.25) is 0 Å². The Morgan fingerprint density at radius 3 is 2.77 bits per heavy atom. The Hall–Kier alpha value is -1.99. The van der Waals surface area contributed by atoms with Gasteiger partial charge in [-0.15, -0.1) is 11.3 Å². The summed E-state index contributed by atoms with van der Waals surface area (Å²) in [6.45, 7) is 6.22. The monoisotopic (exact) mass is 321 g/mol. The number of pyridine rings is 1. The number of anilines is 1. The smallest absolute Gasteiger partial charge is 0.410 e. The molecule has 1 amide bonds. The summed E-state index contributed by atoms with van der Waals surface area (Å²) in [5, 5.41) is 23.8. The second-order valence-electron chi connectivity index (χ2n) is 6.02. The Labute approximate surface area is 132 Å². The number of amides is 1. The summed E-state index contributed by atoms with van der Waals surface area (Å²) in [6, 6.07) is 3.35. The Balaban J connectivity index is 2.10. The molecule has 1 unspecified atom stereocenters. The van der Waals surface area contributed by atoms with Crippen LogP contribution in [0.25, 0.3) is 0 Å². The van der Waals surface area contributed by atoms with Gasteiger partial charge in [-0.2, -0.15) is 0 Å². The number of rotatable bonds is 4. The SMILES string of the molecule is CC(C)(C)c1csc(C(O)Cc2ccnc(NC(=O)O)c2)n1. The van der Waals surface area contributed by atoms with Crippen molar-refractivity contribution in [3.63, 3.8) is 0 Å². The Morgan fingerprint density at radius 1 is 1.45 bits per heavy atom. The average Bonchev–Trinajstić information content (AvgIpc) is 2.87. The van der Waals surface area contributed by atoms with Gasteiger partial charge in [0, 0.05) is 23.4 Å². The van der Waals surface area contributed by atoms with Gasteiger partial charge in [-0.3, -0.25) is 5.32 Å². The van der Waals surface area contributed by atoms with Crippen LogP contribution in [0, 0.1) is 0 Å². The summed E-state index contributed by atoms with van der Waals surface area (Å²) in [5.41, 5.74) is 1.69. The van der Waals surface area contributed by atoms with Crippen molar-refractivity contribution in [2.24, 2.45) is 0 Å². The summed E-state index contributed by atoms with van der Waals surface area (Å²) in [4.78, 5) is 19.0. The van der Waals surface area contributed by atoms with Gasteiger partial charge in [-0.1, -0.05) is 20.8 Å². The minimum Gasteiger partial charge on any atom is -0.465 e. The molecule has 1 atom stereocenters. The molecule has 0 spiro atoms. The van der Waals surface area contributed by atoms with Crippen molar-refractivity contribution < 1.29 is 15.0 Å². The molecule has 0 bridgehead atoms. The number of aliphatic hydroxyl groups excluding tert-OH is 1. The standard InChI is InChI=1S/C15H19N3O3S/c1-15(2,3)11-8-22-13(17-11)10(19)6-9-4-5-16-12(7-9)18-14(20)21/h4-5,7-8,10,19H,6H2,1-3H3,(H,16,18)(H,20,21). The van der Waals surface area contributed by atoms with Crippen LogP contribution in [0.5, 0.6) is 0 Å². The number of thiazole rings is 1. The first kappa shape index (κ1) is 16.4. The molecule has 2 aromatic rings. The minimum absolute atomic E-state index is 0.0519. The molecule has 0 aliphatic heterocycles. The van der Waals surface area contributed by atoms with Crippen LogP contribution in [0.15, 0.2) is 23.7 Å². The number of hydrogen-bond acceptors (Lipinski definition) is 5. The van der Waals surface area contributed by atoms with E-state index >= 15 is 0 Å². The highest BCUT2D eigenvalue weighted by atomic mass is 32.1. The molecule has 0 fully saturated rings. The lowest BCUT2D eigenvalue weighted by Crippen LogP contribution is -2.12. The van der Waals surface area contributed by atoms with E-state index in [0.29, 0.717) is 11.4 Å². The van der Waals surface area contributed by atoms with Gasteiger partial charge in [-0.05, 0) is 17.7 Å². The fourth-order valence-corrected chi connectivity index (χ4v) is 2.90. The fourth-order valence-electron chi connectivity index (χ4n) is 1.87. The molecule has 2 rings (SSSR count). The Kier molecular flexibility index (Phi) is 4.77. The van der Waals surface area contributed by atoms with Crippen molar-refractivity contribution in [3.05, 3.63) is 40.0 Å². The number of carbonyl (C=O) groups is 1. The van der Waals surface area contributed by atoms with Gasteiger partial charge in [0.1, 0.15) is 16.9 Å². The van der Waals surface area contributed by atoms with E-state index in [1.165, 1.54) is 17.5 Å². The predicted molar refractivity (Wildman–Crippen MR) is 85.4 cm³/mol. The van der Waals surface area contributed by atoms with E-state index in [4.69, 9.17) is 5.11 Å². The third-order valence-electron chi connectivity index (χ3n) is 3.06. The van der Waals surface area contributed by atoms with Gasteiger partial charge in [0.25, 0.3) is 0 Å². The zero-order valence-electron chi connectivity index (χ0n) is 12.7. The van der Waals surface area contributed by atoms with Crippen LogP contribution in [-0.2, 0) is 11.8 Å². The molecule has 2 heterocycles. The lowest BCUT2D eigenvalue weighted by atomic mass is 9.93. The topological polar surface area (TPSA) is 95.3 Å². The number of aromatic nitrogens is 2. The van der Waals surface area contributed by atoms with Crippen molar-refractivity contribution in [3.8, 4) is 0 Å². The average molecular weight is 321 g/mol. The summed E-state index contributed by atoms with van der Waals surface area (Å²) in [6.07, 6.45) is -0.0231. The number of carboxylic acid groups (broad SMARTS) is 1. The molecule has 7 heteroatoms. The number of aliphatic hydroxyl groups is 1. The van der Waals surface area contributed by atoms with Gasteiger partial charge in [0.05, 0.1) is 5.69 Å². The zero-order valence-corrected chi connectivity index (χ0v) is 13.5. The van der Waals surface area contributed by atoms with Gasteiger partial charge < -0.3 is 10.2 Å². The molecule has 0 saturated carbocycles. The maximum atomic E-state index is 10.6. The van der Waals surface area contributed by atoms with Crippen LogP contribution in [0.4, 0.5) is 10.6 Å². The number of nitrogens with one attached hydrogen (secondary N) is 1. The fraction of sp³-hybridized carbons (Fsp3) is 0.400. The van der Waals surface area contributed by atoms with E-state index in [0.717, 1.165) is 11.3 Å². The summed E-state index contributed by atoms with van der Waals surface area (Å²) >= 11 is 1.43. The first-order valence-corrected chi connectivity index (χ1v) is 7.72. The van der Waals surface area contributed by atoms with Crippen molar-refractivity contribution >= 4 is 23.2 Å². The Morgan fingerprint density at radius 2 is 2.18 bits per heavy atom. The summed E-state index contributed by atoms with van der Waals surface area (Å²) < 4.78 is 0. The quantitative estimate of drug-likeness (QED) is 0.803. The van der Waals surface area contributed by atoms with Crippen molar-refractivity contribution in [2.45, 2.75) is 38.7 Å². The molecule has 0 aromatic carbocycles. The zero-order chi connectivity index (χ0) is 16.3. The van der Waals surface area contributed by atoms with Crippen LogP contribution < -0.4 is 5.32 Å². The normalized spacial score (nSPS) is 12.9. The third-order valence-corrected chi connectivity index (χ3v) is 4.01. The summed E-state index contributed by atoms with van der Waals surface area (Å²) in [5.74, 6) is 0.242. The van der Waals surface area contributed by atoms with E-state index in [9.17, 15) is 9.90 Å². The molecular formula is C15H19N3O3S. The Bertz CT molecular complexity index is 664. The second-order valence-corrected chi connectivity index (χ2v) is 6.91. The van der Waals surface area contributed by atoms with Crippen LogP contribution in [-0.4, -0.2) is 26.3 Å². The molecule has 0 aliphatic carbocycles. The maximum absolute atomic E-state index is 10.6. The molecule has 22 heavy (non-hydrogen) atoms. The molecule has 0 radical (unpaired) electrons. The van der Waals surface area contributed by atoms with Crippen molar-refractivity contribution in [1.82, 2.24) is 9.97 Å². The third kappa shape index (κ3) is 4.25. The van der Waals surface area contributed by atoms with Crippen LogP contribution in [0.3, 0.4) is 0 Å². The van der Waals surface area contributed by atoms with E-state index in [1.807, 2.05) is 5.38 Å².